The number of aryl methyl sites for hydroxylation is 1. The number of aromatic nitrogens is 2. The Morgan fingerprint density at radius 3 is 2.83 bits per heavy atom. The molecule has 1 amide bonds. The lowest BCUT2D eigenvalue weighted by atomic mass is 9.96. The molecule has 0 atom stereocenters. The summed E-state index contributed by atoms with van der Waals surface area (Å²) >= 11 is 0. The highest BCUT2D eigenvalue weighted by Gasteiger charge is 2.24. The van der Waals surface area contributed by atoms with Crippen LogP contribution in [-0.2, 0) is 13.0 Å². The van der Waals surface area contributed by atoms with Crippen molar-refractivity contribution in [3.05, 3.63) is 53.9 Å². The molecule has 5 heteroatoms. The number of hydrogen-bond donors (Lipinski definition) is 0. The van der Waals surface area contributed by atoms with Crippen LogP contribution in [0.25, 0.3) is 0 Å². The standard InChI is InChI=1S/C18H22FN3O/c1-2-17-20-8-11-22(17)13-14-6-9-21(10-7-14)18(23)15-4-3-5-16(19)12-15/h3-5,8,11-12,14H,2,6-7,9-10,13H2,1H3. The molecule has 1 aromatic carbocycles. The summed E-state index contributed by atoms with van der Waals surface area (Å²) in [7, 11) is 0. The third kappa shape index (κ3) is 3.60. The van der Waals surface area contributed by atoms with E-state index in [4.69, 9.17) is 0 Å². The number of imidazole rings is 1. The first-order valence-corrected chi connectivity index (χ1v) is 8.22. The number of benzene rings is 1. The first-order valence-electron chi connectivity index (χ1n) is 8.22. The predicted octanol–water partition coefficient (Wildman–Crippen LogP) is 3.14. The van der Waals surface area contributed by atoms with Gasteiger partial charge in [0.25, 0.3) is 5.91 Å². The first kappa shape index (κ1) is 15.7. The van der Waals surface area contributed by atoms with Gasteiger partial charge in [-0.15, -0.1) is 0 Å². The Kier molecular flexibility index (Phi) is 4.74. The van der Waals surface area contributed by atoms with Crippen molar-refractivity contribution < 1.29 is 9.18 Å². The van der Waals surface area contributed by atoms with Gasteiger partial charge in [0.05, 0.1) is 0 Å². The Morgan fingerprint density at radius 2 is 2.13 bits per heavy atom. The molecule has 0 unspecified atom stereocenters. The molecule has 1 aromatic heterocycles. The van der Waals surface area contributed by atoms with E-state index in [1.54, 1.807) is 12.1 Å². The molecule has 3 rings (SSSR count). The maximum absolute atomic E-state index is 13.3. The van der Waals surface area contributed by atoms with Crippen LogP contribution < -0.4 is 0 Å². The van der Waals surface area contributed by atoms with Crippen LogP contribution in [0.5, 0.6) is 0 Å². The Balaban J connectivity index is 1.57. The van der Waals surface area contributed by atoms with Crippen molar-refractivity contribution in [3.8, 4) is 0 Å². The van der Waals surface area contributed by atoms with Gasteiger partial charge in [0.15, 0.2) is 0 Å². The molecule has 0 N–H and O–H groups in total. The van der Waals surface area contributed by atoms with E-state index in [9.17, 15) is 9.18 Å². The summed E-state index contributed by atoms with van der Waals surface area (Å²) in [4.78, 5) is 18.6. The molecule has 1 aliphatic heterocycles. The summed E-state index contributed by atoms with van der Waals surface area (Å²) in [5.41, 5.74) is 0.436. The lowest BCUT2D eigenvalue weighted by Crippen LogP contribution is -2.39. The normalized spacial score (nSPS) is 15.8. The second-order valence-electron chi connectivity index (χ2n) is 6.10. The van der Waals surface area contributed by atoms with Gasteiger partial charge >= 0.3 is 0 Å². The molecule has 2 heterocycles. The number of piperidine rings is 1. The van der Waals surface area contributed by atoms with Gasteiger partial charge in [0.2, 0.25) is 0 Å². The highest BCUT2D eigenvalue weighted by atomic mass is 19.1. The second-order valence-corrected chi connectivity index (χ2v) is 6.10. The summed E-state index contributed by atoms with van der Waals surface area (Å²) in [6, 6.07) is 5.93. The molecular weight excluding hydrogens is 293 g/mol. The van der Waals surface area contributed by atoms with Crippen molar-refractivity contribution >= 4 is 5.91 Å². The van der Waals surface area contributed by atoms with Crippen molar-refractivity contribution in [1.82, 2.24) is 14.5 Å². The van der Waals surface area contributed by atoms with E-state index < -0.39 is 0 Å². The van der Waals surface area contributed by atoms with Gasteiger partial charge in [-0.3, -0.25) is 4.79 Å². The summed E-state index contributed by atoms with van der Waals surface area (Å²) in [6.45, 7) is 4.54. The van der Waals surface area contributed by atoms with Crippen LogP contribution in [0.1, 0.15) is 35.9 Å². The predicted molar refractivity (Wildman–Crippen MR) is 86.6 cm³/mol. The van der Waals surface area contributed by atoms with Crippen molar-refractivity contribution in [2.75, 3.05) is 13.1 Å². The average molecular weight is 315 g/mol. The van der Waals surface area contributed by atoms with E-state index in [2.05, 4.69) is 16.5 Å². The van der Waals surface area contributed by atoms with Gasteiger partial charge < -0.3 is 9.47 Å². The van der Waals surface area contributed by atoms with E-state index >= 15 is 0 Å². The second kappa shape index (κ2) is 6.94. The van der Waals surface area contributed by atoms with E-state index in [0.717, 1.165) is 44.7 Å². The summed E-state index contributed by atoms with van der Waals surface area (Å²) in [5.74, 6) is 1.24. The molecule has 1 saturated heterocycles. The van der Waals surface area contributed by atoms with Gasteiger partial charge in [-0.05, 0) is 37.0 Å². The molecule has 0 radical (unpaired) electrons. The molecule has 122 valence electrons. The quantitative estimate of drug-likeness (QED) is 0.869. The molecule has 1 aliphatic rings. The zero-order valence-electron chi connectivity index (χ0n) is 13.4. The molecule has 0 spiro atoms. The minimum atomic E-state index is -0.363. The van der Waals surface area contributed by atoms with Gasteiger partial charge in [-0.25, -0.2) is 9.37 Å². The van der Waals surface area contributed by atoms with Gasteiger partial charge in [-0.2, -0.15) is 0 Å². The van der Waals surface area contributed by atoms with E-state index in [0.29, 0.717) is 11.5 Å². The Hall–Kier alpha value is -2.17. The maximum atomic E-state index is 13.3. The fourth-order valence-corrected chi connectivity index (χ4v) is 3.22. The summed E-state index contributed by atoms with van der Waals surface area (Å²) in [5, 5.41) is 0. The topological polar surface area (TPSA) is 38.1 Å². The van der Waals surface area contributed by atoms with Crippen LogP contribution in [0.3, 0.4) is 0 Å². The molecule has 2 aromatic rings. The zero-order valence-corrected chi connectivity index (χ0v) is 13.4. The van der Waals surface area contributed by atoms with Crippen molar-refractivity contribution in [2.45, 2.75) is 32.7 Å². The number of hydrogen-bond acceptors (Lipinski definition) is 2. The van der Waals surface area contributed by atoms with Crippen LogP contribution in [0.2, 0.25) is 0 Å². The number of amides is 1. The third-order valence-electron chi connectivity index (χ3n) is 4.55. The van der Waals surface area contributed by atoms with Crippen molar-refractivity contribution in [2.24, 2.45) is 5.92 Å². The highest BCUT2D eigenvalue weighted by molar-refractivity contribution is 5.94. The minimum Gasteiger partial charge on any atom is -0.339 e. The Bertz CT molecular complexity index is 674. The molecule has 23 heavy (non-hydrogen) atoms. The van der Waals surface area contributed by atoms with Crippen LogP contribution in [0, 0.1) is 11.7 Å². The van der Waals surface area contributed by atoms with Crippen LogP contribution in [0.15, 0.2) is 36.7 Å². The van der Waals surface area contributed by atoms with Crippen LogP contribution in [-0.4, -0.2) is 33.4 Å². The number of nitrogens with zero attached hydrogens (tertiary/aromatic N) is 3. The smallest absolute Gasteiger partial charge is 0.253 e. The molecule has 0 bridgehead atoms. The fourth-order valence-electron chi connectivity index (χ4n) is 3.22. The Morgan fingerprint density at radius 1 is 1.35 bits per heavy atom. The largest absolute Gasteiger partial charge is 0.339 e. The molecule has 1 fully saturated rings. The number of carbonyl (C=O) groups is 1. The van der Waals surface area contributed by atoms with Crippen LogP contribution >= 0.6 is 0 Å². The van der Waals surface area contributed by atoms with Crippen molar-refractivity contribution in [1.29, 1.82) is 0 Å². The minimum absolute atomic E-state index is 0.0696. The number of rotatable bonds is 4. The highest BCUT2D eigenvalue weighted by Crippen LogP contribution is 2.21. The molecule has 4 nitrogen and oxygen atoms in total. The third-order valence-corrected chi connectivity index (χ3v) is 4.55. The number of carbonyl (C=O) groups excluding carboxylic acids is 1. The number of halogens is 1. The lowest BCUT2D eigenvalue weighted by Gasteiger charge is -2.32. The van der Waals surface area contributed by atoms with Crippen molar-refractivity contribution in [3.63, 3.8) is 0 Å². The SMILES string of the molecule is CCc1nccn1CC1CCN(C(=O)c2cccc(F)c2)CC1. The molecule has 0 aliphatic carbocycles. The summed E-state index contributed by atoms with van der Waals surface area (Å²) < 4.78 is 15.5. The van der Waals surface area contributed by atoms with Gasteiger partial charge in [0, 0.05) is 44.0 Å². The maximum Gasteiger partial charge on any atom is 0.253 e. The van der Waals surface area contributed by atoms with Gasteiger partial charge in [-0.1, -0.05) is 13.0 Å². The van der Waals surface area contributed by atoms with E-state index in [1.807, 2.05) is 17.3 Å². The van der Waals surface area contributed by atoms with E-state index in [-0.39, 0.29) is 11.7 Å². The monoisotopic (exact) mass is 315 g/mol. The zero-order chi connectivity index (χ0) is 16.2. The fraction of sp³-hybridized carbons (Fsp3) is 0.444. The Labute approximate surface area is 135 Å². The lowest BCUT2D eigenvalue weighted by molar-refractivity contribution is 0.0682. The number of likely N-dealkylation sites (tertiary alicyclic amines) is 1. The van der Waals surface area contributed by atoms with Gasteiger partial charge in [0.1, 0.15) is 11.6 Å². The molecule has 0 saturated carbocycles. The first-order chi connectivity index (χ1) is 11.2. The van der Waals surface area contributed by atoms with Crippen LogP contribution in [0.4, 0.5) is 4.39 Å². The average Bonchev–Trinajstić information content (AvgIpc) is 3.02. The summed E-state index contributed by atoms with van der Waals surface area (Å²) in [6.07, 6.45) is 6.76. The van der Waals surface area contributed by atoms with E-state index in [1.165, 1.54) is 12.1 Å². The molecular formula is C18H22FN3O.